The van der Waals surface area contributed by atoms with E-state index in [1.807, 2.05) is 6.07 Å². The number of nitrogens with one attached hydrogen (secondary N) is 1. The van der Waals surface area contributed by atoms with Crippen molar-refractivity contribution >= 4 is 0 Å². The van der Waals surface area contributed by atoms with Crippen molar-refractivity contribution in [2.75, 3.05) is 6.54 Å². The van der Waals surface area contributed by atoms with E-state index < -0.39 is 0 Å². The highest BCUT2D eigenvalue weighted by Gasteiger charge is 2.04. The minimum atomic E-state index is -0.239. The molecule has 0 bridgehead atoms. The molecule has 1 aromatic heterocycles. The van der Waals surface area contributed by atoms with Crippen molar-refractivity contribution in [3.63, 3.8) is 0 Å². The van der Waals surface area contributed by atoms with Gasteiger partial charge in [0.1, 0.15) is 18.2 Å². The van der Waals surface area contributed by atoms with E-state index in [0.29, 0.717) is 12.2 Å². The van der Waals surface area contributed by atoms with Crippen LogP contribution >= 0.6 is 0 Å². The van der Waals surface area contributed by atoms with Crippen LogP contribution in [-0.4, -0.2) is 6.54 Å². The molecule has 108 valence electrons. The molecule has 0 aliphatic heterocycles. The van der Waals surface area contributed by atoms with Gasteiger partial charge in [0.05, 0.1) is 12.9 Å². The van der Waals surface area contributed by atoms with Crippen LogP contribution in [0.4, 0.5) is 4.39 Å². The van der Waals surface area contributed by atoms with Crippen LogP contribution in [0.1, 0.15) is 30.2 Å². The molecule has 1 aromatic carbocycles. The van der Waals surface area contributed by atoms with Gasteiger partial charge in [-0.15, -0.1) is 0 Å². The summed E-state index contributed by atoms with van der Waals surface area (Å²) in [5, 5.41) is 3.30. The molecule has 2 aromatic rings. The molecule has 0 atom stereocenters. The first kappa shape index (κ1) is 14.8. The Morgan fingerprint density at radius 1 is 1.25 bits per heavy atom. The summed E-state index contributed by atoms with van der Waals surface area (Å²) in [4.78, 5) is 0. The molecule has 0 fully saturated rings. The highest BCUT2D eigenvalue weighted by Crippen LogP contribution is 2.12. The lowest BCUT2D eigenvalue weighted by Crippen LogP contribution is -2.13. The molecule has 2 rings (SSSR count). The zero-order valence-corrected chi connectivity index (χ0v) is 11.7. The summed E-state index contributed by atoms with van der Waals surface area (Å²) in [5.74, 6) is 0.519. The molecule has 1 heterocycles. The van der Waals surface area contributed by atoms with E-state index in [1.54, 1.807) is 24.5 Å². The second-order valence-electron chi connectivity index (χ2n) is 4.68. The molecular formula is C16H20FNO2. The van der Waals surface area contributed by atoms with Gasteiger partial charge >= 0.3 is 0 Å². The van der Waals surface area contributed by atoms with Crippen molar-refractivity contribution in [3.8, 4) is 0 Å². The lowest BCUT2D eigenvalue weighted by atomic mass is 10.2. The Morgan fingerprint density at radius 2 is 2.10 bits per heavy atom. The van der Waals surface area contributed by atoms with Gasteiger partial charge in [-0.05, 0) is 25.1 Å². The quantitative estimate of drug-likeness (QED) is 0.748. The van der Waals surface area contributed by atoms with E-state index in [4.69, 9.17) is 9.15 Å². The summed E-state index contributed by atoms with van der Waals surface area (Å²) in [6.07, 6.45) is 2.83. The zero-order valence-electron chi connectivity index (χ0n) is 11.7. The number of hydrogen-bond donors (Lipinski definition) is 1. The van der Waals surface area contributed by atoms with Crippen molar-refractivity contribution < 1.29 is 13.5 Å². The highest BCUT2D eigenvalue weighted by molar-refractivity contribution is 5.16. The second kappa shape index (κ2) is 7.82. The molecule has 0 unspecified atom stereocenters. The Morgan fingerprint density at radius 3 is 2.90 bits per heavy atom. The van der Waals surface area contributed by atoms with Gasteiger partial charge in [-0.2, -0.15) is 0 Å². The van der Waals surface area contributed by atoms with E-state index in [1.165, 1.54) is 6.07 Å². The van der Waals surface area contributed by atoms with E-state index >= 15 is 0 Å². The first-order valence-electron chi connectivity index (χ1n) is 6.87. The van der Waals surface area contributed by atoms with Crippen LogP contribution in [0.5, 0.6) is 0 Å². The Balaban J connectivity index is 1.75. The number of furan rings is 1. The molecule has 0 saturated carbocycles. The molecular weight excluding hydrogens is 257 g/mol. The van der Waals surface area contributed by atoms with Gasteiger partial charge in [0.15, 0.2) is 0 Å². The monoisotopic (exact) mass is 277 g/mol. The third-order valence-electron chi connectivity index (χ3n) is 2.92. The third kappa shape index (κ3) is 4.47. The maximum atomic E-state index is 13.4. The van der Waals surface area contributed by atoms with Crippen molar-refractivity contribution in [1.82, 2.24) is 5.32 Å². The summed E-state index contributed by atoms with van der Waals surface area (Å²) >= 11 is 0. The van der Waals surface area contributed by atoms with Gasteiger partial charge < -0.3 is 14.5 Å². The number of ether oxygens (including phenoxy) is 1. The van der Waals surface area contributed by atoms with Crippen molar-refractivity contribution in [2.24, 2.45) is 0 Å². The van der Waals surface area contributed by atoms with E-state index in [-0.39, 0.29) is 12.4 Å². The fraction of sp³-hybridized carbons (Fsp3) is 0.375. The van der Waals surface area contributed by atoms with Crippen LogP contribution < -0.4 is 5.32 Å². The molecule has 0 amide bonds. The molecule has 20 heavy (non-hydrogen) atoms. The fourth-order valence-electron chi connectivity index (χ4n) is 1.88. The van der Waals surface area contributed by atoms with E-state index in [9.17, 15) is 4.39 Å². The molecule has 4 heteroatoms. The first-order valence-corrected chi connectivity index (χ1v) is 6.87. The third-order valence-corrected chi connectivity index (χ3v) is 2.92. The Kier molecular flexibility index (Phi) is 5.77. The number of benzene rings is 1. The molecule has 0 spiro atoms. The predicted molar refractivity (Wildman–Crippen MR) is 75.6 cm³/mol. The minimum absolute atomic E-state index is 0.239. The van der Waals surface area contributed by atoms with Gasteiger partial charge in [-0.3, -0.25) is 0 Å². The largest absolute Gasteiger partial charge is 0.467 e. The lowest BCUT2D eigenvalue weighted by Gasteiger charge is -2.03. The summed E-state index contributed by atoms with van der Waals surface area (Å²) < 4.78 is 24.3. The van der Waals surface area contributed by atoms with Gasteiger partial charge in [0, 0.05) is 17.7 Å². The summed E-state index contributed by atoms with van der Waals surface area (Å²) in [5.41, 5.74) is 1.66. The van der Waals surface area contributed by atoms with E-state index in [2.05, 4.69) is 12.2 Å². The summed E-state index contributed by atoms with van der Waals surface area (Å²) in [7, 11) is 0. The van der Waals surface area contributed by atoms with Gasteiger partial charge in [-0.25, -0.2) is 4.39 Å². The molecule has 3 nitrogen and oxygen atoms in total. The smallest absolute Gasteiger partial charge is 0.129 e. The molecule has 0 aliphatic carbocycles. The van der Waals surface area contributed by atoms with E-state index in [0.717, 1.165) is 30.8 Å². The average molecular weight is 277 g/mol. The normalized spacial score (nSPS) is 10.9. The topological polar surface area (TPSA) is 34.4 Å². The van der Waals surface area contributed by atoms with Crippen LogP contribution in [0.2, 0.25) is 0 Å². The van der Waals surface area contributed by atoms with Crippen LogP contribution in [0.25, 0.3) is 0 Å². The molecule has 0 radical (unpaired) electrons. The molecule has 0 aliphatic rings. The SMILES string of the molecule is CCCNCc1coc(COCc2ccccc2F)c1. The average Bonchev–Trinajstić information content (AvgIpc) is 2.89. The second-order valence-corrected chi connectivity index (χ2v) is 4.68. The zero-order chi connectivity index (χ0) is 14.2. The maximum Gasteiger partial charge on any atom is 0.129 e. The Labute approximate surface area is 118 Å². The lowest BCUT2D eigenvalue weighted by molar-refractivity contribution is 0.0909. The van der Waals surface area contributed by atoms with Gasteiger partial charge in [-0.1, -0.05) is 25.1 Å². The van der Waals surface area contributed by atoms with Crippen molar-refractivity contribution in [2.45, 2.75) is 33.1 Å². The molecule has 0 saturated heterocycles. The Hall–Kier alpha value is -1.65. The van der Waals surface area contributed by atoms with Crippen molar-refractivity contribution in [3.05, 3.63) is 59.3 Å². The number of hydrogen-bond acceptors (Lipinski definition) is 3. The predicted octanol–water partition coefficient (Wildman–Crippen LogP) is 3.64. The van der Waals surface area contributed by atoms with Crippen LogP contribution in [0.3, 0.4) is 0 Å². The van der Waals surface area contributed by atoms with Gasteiger partial charge in [0.25, 0.3) is 0 Å². The van der Waals surface area contributed by atoms with Crippen LogP contribution in [0, 0.1) is 5.82 Å². The molecule has 1 N–H and O–H groups in total. The van der Waals surface area contributed by atoms with Crippen LogP contribution in [0.15, 0.2) is 41.0 Å². The fourth-order valence-corrected chi connectivity index (χ4v) is 1.88. The van der Waals surface area contributed by atoms with Crippen molar-refractivity contribution in [1.29, 1.82) is 0 Å². The number of halogens is 1. The minimum Gasteiger partial charge on any atom is -0.467 e. The highest BCUT2D eigenvalue weighted by atomic mass is 19.1. The van der Waals surface area contributed by atoms with Crippen LogP contribution in [-0.2, 0) is 24.5 Å². The maximum absolute atomic E-state index is 13.4. The van der Waals surface area contributed by atoms with Gasteiger partial charge in [0.2, 0.25) is 0 Å². The summed E-state index contributed by atoms with van der Waals surface area (Å²) in [6, 6.07) is 8.58. The number of rotatable bonds is 8. The Bertz CT molecular complexity index is 525. The standard InChI is InChI=1S/C16H20FNO2/c1-2-7-18-9-13-8-15(20-10-13)12-19-11-14-5-3-4-6-16(14)17/h3-6,8,10,18H,2,7,9,11-12H2,1H3. The summed E-state index contributed by atoms with van der Waals surface area (Å²) in [6.45, 7) is 4.51. The first-order chi connectivity index (χ1) is 9.79.